The van der Waals surface area contributed by atoms with Crippen LogP contribution in [-0.4, -0.2) is 18.4 Å². The molecule has 1 aliphatic rings. The molecule has 0 heterocycles. The van der Waals surface area contributed by atoms with Gasteiger partial charge in [-0.05, 0) is 37.1 Å². The topological polar surface area (TPSA) is 43.4 Å². The molecule has 1 aliphatic carbocycles. The Labute approximate surface area is 115 Å². The van der Waals surface area contributed by atoms with Crippen LogP contribution in [0, 0.1) is 23.5 Å². The summed E-state index contributed by atoms with van der Waals surface area (Å²) in [7, 11) is 0. The van der Waals surface area contributed by atoms with E-state index in [1.165, 1.54) is 12.2 Å². The fraction of sp³-hybridized carbons (Fsp3) is 0.333. The van der Waals surface area contributed by atoms with Gasteiger partial charge in [-0.15, -0.1) is 0 Å². The van der Waals surface area contributed by atoms with Gasteiger partial charge in [-0.1, -0.05) is 6.08 Å². The van der Waals surface area contributed by atoms with Gasteiger partial charge in [-0.2, -0.15) is 0 Å². The quantitative estimate of drug-likeness (QED) is 0.615. The van der Waals surface area contributed by atoms with Crippen LogP contribution < -0.4 is 0 Å². The number of hydrogen-bond donors (Lipinski definition) is 0. The first-order valence-corrected chi connectivity index (χ1v) is 6.36. The van der Waals surface area contributed by atoms with Gasteiger partial charge in [0.2, 0.25) is 0 Å². The average Bonchev–Trinajstić information content (AvgIpc) is 3.15. The van der Waals surface area contributed by atoms with Gasteiger partial charge in [-0.25, -0.2) is 8.78 Å². The molecule has 106 valence electrons. The number of carbonyl (C=O) groups is 2. The first kappa shape index (κ1) is 14.4. The molecule has 0 radical (unpaired) electrons. The molecular weight excluding hydrogens is 266 g/mol. The Balaban J connectivity index is 1.95. The van der Waals surface area contributed by atoms with Crippen LogP contribution in [0.5, 0.6) is 0 Å². The highest BCUT2D eigenvalue weighted by Gasteiger charge is 2.47. The van der Waals surface area contributed by atoms with Gasteiger partial charge in [0, 0.05) is 12.0 Å². The number of ketones is 1. The van der Waals surface area contributed by atoms with E-state index < -0.39 is 11.6 Å². The Morgan fingerprint density at radius 2 is 1.90 bits per heavy atom. The first-order valence-electron chi connectivity index (χ1n) is 6.36. The van der Waals surface area contributed by atoms with Gasteiger partial charge in [0.1, 0.15) is 11.6 Å². The summed E-state index contributed by atoms with van der Waals surface area (Å²) in [4.78, 5) is 23.2. The fourth-order valence-corrected chi connectivity index (χ4v) is 1.99. The van der Waals surface area contributed by atoms with Gasteiger partial charge in [0.05, 0.1) is 12.5 Å². The van der Waals surface area contributed by atoms with Crippen molar-refractivity contribution >= 4 is 17.8 Å². The molecule has 0 N–H and O–H groups in total. The second kappa shape index (κ2) is 5.94. The molecule has 1 aromatic rings. The summed E-state index contributed by atoms with van der Waals surface area (Å²) in [6, 6.07) is 3.02. The van der Waals surface area contributed by atoms with E-state index in [1.54, 1.807) is 6.92 Å². The number of halogens is 2. The van der Waals surface area contributed by atoms with Crippen molar-refractivity contribution in [1.82, 2.24) is 0 Å². The molecule has 20 heavy (non-hydrogen) atoms. The van der Waals surface area contributed by atoms with E-state index in [4.69, 9.17) is 4.74 Å². The predicted octanol–water partition coefficient (Wildman–Crippen LogP) is 2.75. The monoisotopic (exact) mass is 280 g/mol. The zero-order chi connectivity index (χ0) is 14.7. The van der Waals surface area contributed by atoms with Crippen LogP contribution >= 0.6 is 0 Å². The van der Waals surface area contributed by atoms with E-state index in [9.17, 15) is 18.4 Å². The van der Waals surface area contributed by atoms with Crippen LogP contribution in [-0.2, 0) is 14.3 Å². The summed E-state index contributed by atoms with van der Waals surface area (Å²) in [5.41, 5.74) is 0.268. The minimum absolute atomic E-state index is 0.229. The Kier molecular flexibility index (Phi) is 4.27. The average molecular weight is 280 g/mol. The number of hydrogen-bond acceptors (Lipinski definition) is 3. The molecule has 1 saturated carbocycles. The SMILES string of the molecule is CCOC(=O)[C@H]1C[C@@H]1C(=O)/C=C/c1cc(F)cc(F)c1. The van der Waals surface area contributed by atoms with Crippen LogP contribution in [0.1, 0.15) is 18.9 Å². The van der Waals surface area contributed by atoms with E-state index in [1.807, 2.05) is 0 Å². The molecule has 0 spiro atoms. The summed E-state index contributed by atoms with van der Waals surface area (Å²) in [6.45, 7) is 1.99. The van der Waals surface area contributed by atoms with Crippen molar-refractivity contribution in [3.63, 3.8) is 0 Å². The van der Waals surface area contributed by atoms with Crippen molar-refractivity contribution in [2.45, 2.75) is 13.3 Å². The van der Waals surface area contributed by atoms with Crippen LogP contribution in [0.25, 0.3) is 6.08 Å². The molecule has 0 amide bonds. The largest absolute Gasteiger partial charge is 0.466 e. The molecule has 0 aliphatic heterocycles. The third-order valence-corrected chi connectivity index (χ3v) is 3.07. The van der Waals surface area contributed by atoms with E-state index in [-0.39, 0.29) is 35.8 Å². The van der Waals surface area contributed by atoms with Crippen molar-refractivity contribution in [3.8, 4) is 0 Å². The Hall–Kier alpha value is -2.04. The third kappa shape index (κ3) is 3.50. The van der Waals surface area contributed by atoms with E-state index in [2.05, 4.69) is 0 Å². The first-order chi connectivity index (χ1) is 9.51. The molecule has 3 nitrogen and oxygen atoms in total. The lowest BCUT2D eigenvalue weighted by Gasteiger charge is -1.99. The lowest BCUT2D eigenvalue weighted by Crippen LogP contribution is -2.10. The third-order valence-electron chi connectivity index (χ3n) is 3.07. The van der Waals surface area contributed by atoms with E-state index in [0.717, 1.165) is 18.2 Å². The minimum atomic E-state index is -0.701. The van der Waals surface area contributed by atoms with Crippen molar-refractivity contribution in [3.05, 3.63) is 41.5 Å². The van der Waals surface area contributed by atoms with Crippen LogP contribution in [0.3, 0.4) is 0 Å². The summed E-state index contributed by atoms with van der Waals surface area (Å²) in [5.74, 6) is -2.75. The minimum Gasteiger partial charge on any atom is -0.466 e. The van der Waals surface area contributed by atoms with Gasteiger partial charge >= 0.3 is 5.97 Å². The summed E-state index contributed by atoms with van der Waals surface area (Å²) in [6.07, 6.45) is 3.06. The van der Waals surface area contributed by atoms with Gasteiger partial charge in [-0.3, -0.25) is 9.59 Å². The van der Waals surface area contributed by atoms with Gasteiger partial charge < -0.3 is 4.74 Å². The maximum Gasteiger partial charge on any atom is 0.309 e. The highest BCUT2D eigenvalue weighted by atomic mass is 19.1. The predicted molar refractivity (Wildman–Crippen MR) is 68.6 cm³/mol. The molecule has 1 aromatic carbocycles. The van der Waals surface area contributed by atoms with Crippen LogP contribution in [0.2, 0.25) is 0 Å². The van der Waals surface area contributed by atoms with Crippen LogP contribution in [0.15, 0.2) is 24.3 Å². The Bertz CT molecular complexity index is 546. The highest BCUT2D eigenvalue weighted by molar-refractivity contribution is 6.00. The maximum absolute atomic E-state index is 13.0. The van der Waals surface area contributed by atoms with Crippen molar-refractivity contribution < 1.29 is 23.1 Å². The molecular formula is C15H14F2O3. The molecule has 1 fully saturated rings. The molecule has 0 saturated heterocycles. The number of ether oxygens (including phenoxy) is 1. The number of carbonyl (C=O) groups excluding carboxylic acids is 2. The zero-order valence-electron chi connectivity index (χ0n) is 10.9. The number of allylic oxidation sites excluding steroid dienone is 1. The Morgan fingerprint density at radius 3 is 2.50 bits per heavy atom. The maximum atomic E-state index is 13.0. The molecule has 2 atom stereocenters. The van der Waals surface area contributed by atoms with E-state index in [0.29, 0.717) is 6.42 Å². The number of rotatable bonds is 5. The van der Waals surface area contributed by atoms with Crippen molar-refractivity contribution in [1.29, 1.82) is 0 Å². The molecule has 0 bridgehead atoms. The van der Waals surface area contributed by atoms with Crippen LogP contribution in [0.4, 0.5) is 8.78 Å². The zero-order valence-corrected chi connectivity index (χ0v) is 10.9. The second-order valence-corrected chi connectivity index (χ2v) is 4.64. The Morgan fingerprint density at radius 1 is 1.25 bits per heavy atom. The molecule has 2 rings (SSSR count). The second-order valence-electron chi connectivity index (χ2n) is 4.64. The van der Waals surface area contributed by atoms with Crippen molar-refractivity contribution in [2.75, 3.05) is 6.61 Å². The fourth-order valence-electron chi connectivity index (χ4n) is 1.99. The van der Waals surface area contributed by atoms with E-state index >= 15 is 0 Å². The van der Waals surface area contributed by atoms with Gasteiger partial charge in [0.15, 0.2) is 5.78 Å². The normalized spacial score (nSPS) is 20.9. The summed E-state index contributed by atoms with van der Waals surface area (Å²) < 4.78 is 30.7. The smallest absolute Gasteiger partial charge is 0.309 e. The lowest BCUT2D eigenvalue weighted by molar-refractivity contribution is -0.145. The summed E-state index contributed by atoms with van der Waals surface area (Å²) in [5, 5.41) is 0. The van der Waals surface area contributed by atoms with Crippen molar-refractivity contribution in [2.24, 2.45) is 11.8 Å². The highest BCUT2D eigenvalue weighted by Crippen LogP contribution is 2.40. The van der Waals surface area contributed by atoms with Gasteiger partial charge in [0.25, 0.3) is 0 Å². The lowest BCUT2D eigenvalue weighted by atomic mass is 10.1. The standard InChI is InChI=1S/C15H14F2O3/c1-2-20-15(19)13-8-12(13)14(18)4-3-9-5-10(16)7-11(17)6-9/h3-7,12-13H,2,8H2,1H3/b4-3+/t12-,13-/m0/s1. The number of benzene rings is 1. The summed E-state index contributed by atoms with van der Waals surface area (Å²) >= 11 is 0. The molecule has 0 aromatic heterocycles. The molecule has 0 unspecified atom stereocenters. The molecule has 5 heteroatoms. The number of esters is 1.